The van der Waals surface area contributed by atoms with Crippen molar-refractivity contribution in [3.8, 4) is 0 Å². The van der Waals surface area contributed by atoms with E-state index in [9.17, 15) is 13.2 Å². The van der Waals surface area contributed by atoms with E-state index in [0.29, 0.717) is 12.2 Å². The fourth-order valence-corrected chi connectivity index (χ4v) is 1.91. The van der Waals surface area contributed by atoms with Gasteiger partial charge in [0.15, 0.2) is 0 Å². The van der Waals surface area contributed by atoms with E-state index in [4.69, 9.17) is 16.7 Å². The maximum absolute atomic E-state index is 12.7. The molecule has 114 valence electrons. The van der Waals surface area contributed by atoms with E-state index in [1.54, 1.807) is 6.20 Å². The van der Waals surface area contributed by atoms with Gasteiger partial charge >= 0.3 is 6.18 Å². The van der Waals surface area contributed by atoms with Crippen molar-refractivity contribution in [2.45, 2.75) is 19.3 Å². The van der Waals surface area contributed by atoms with Gasteiger partial charge in [0.05, 0.1) is 31.5 Å². The third-order valence-corrected chi connectivity index (χ3v) is 2.83. The summed E-state index contributed by atoms with van der Waals surface area (Å²) < 4.78 is 39.4. The van der Waals surface area contributed by atoms with E-state index in [-0.39, 0.29) is 23.9 Å². The highest BCUT2D eigenvalue weighted by Crippen LogP contribution is 2.33. The molecule has 0 unspecified atom stereocenters. The number of aliphatic hydroxyl groups is 1. The molecule has 0 aliphatic rings. The summed E-state index contributed by atoms with van der Waals surface area (Å²) in [5.74, 6) is 0. The Kier molecular flexibility index (Phi) is 4.69. The van der Waals surface area contributed by atoms with Crippen molar-refractivity contribution in [3.63, 3.8) is 0 Å². The average molecular weight is 321 g/mol. The lowest BCUT2D eigenvalue weighted by Crippen LogP contribution is -2.07. The van der Waals surface area contributed by atoms with Crippen LogP contribution in [-0.4, -0.2) is 26.7 Å². The van der Waals surface area contributed by atoms with E-state index in [2.05, 4.69) is 15.6 Å². The van der Waals surface area contributed by atoms with Gasteiger partial charge in [0, 0.05) is 10.7 Å². The molecule has 5 nitrogen and oxygen atoms in total. The van der Waals surface area contributed by atoms with Gasteiger partial charge in [-0.05, 0) is 18.2 Å². The van der Waals surface area contributed by atoms with Crippen LogP contribution >= 0.6 is 11.6 Å². The van der Waals surface area contributed by atoms with Gasteiger partial charge in [0.2, 0.25) is 0 Å². The van der Waals surface area contributed by atoms with Gasteiger partial charge < -0.3 is 10.4 Å². The molecule has 0 saturated heterocycles. The molecule has 0 amide bonds. The standard InChI is InChI=1S/C12H12ClF3N4O/c13-9-3-8(12(14,15)16)4-10(5-9)17-6-11-7-20(1-2-21)19-18-11/h3-5,7,17,21H,1-2,6H2. The number of hydrogen-bond acceptors (Lipinski definition) is 4. The van der Waals surface area contributed by atoms with E-state index in [1.807, 2.05) is 0 Å². The Hall–Kier alpha value is -1.80. The van der Waals surface area contributed by atoms with E-state index >= 15 is 0 Å². The minimum atomic E-state index is -4.45. The number of hydrogen-bond donors (Lipinski definition) is 2. The molecule has 21 heavy (non-hydrogen) atoms. The highest BCUT2D eigenvalue weighted by atomic mass is 35.5. The van der Waals surface area contributed by atoms with Gasteiger partial charge in [0.25, 0.3) is 0 Å². The van der Waals surface area contributed by atoms with E-state index in [1.165, 1.54) is 10.7 Å². The zero-order chi connectivity index (χ0) is 15.5. The van der Waals surface area contributed by atoms with Crippen LogP contribution in [0.15, 0.2) is 24.4 Å². The van der Waals surface area contributed by atoms with Gasteiger partial charge in [-0.25, -0.2) is 4.68 Å². The third-order valence-electron chi connectivity index (χ3n) is 2.61. The minimum absolute atomic E-state index is 0.00346. The first-order valence-electron chi connectivity index (χ1n) is 6.00. The smallest absolute Gasteiger partial charge is 0.394 e. The second-order valence-electron chi connectivity index (χ2n) is 4.28. The third kappa shape index (κ3) is 4.33. The molecule has 0 aliphatic carbocycles. The maximum Gasteiger partial charge on any atom is 0.416 e. The molecule has 9 heteroatoms. The quantitative estimate of drug-likeness (QED) is 0.889. The second-order valence-corrected chi connectivity index (χ2v) is 4.71. The highest BCUT2D eigenvalue weighted by Gasteiger charge is 2.31. The fraction of sp³-hybridized carbons (Fsp3) is 0.333. The van der Waals surface area contributed by atoms with E-state index < -0.39 is 11.7 Å². The lowest BCUT2D eigenvalue weighted by molar-refractivity contribution is -0.137. The second kappa shape index (κ2) is 6.31. The number of benzene rings is 1. The Labute approximate surface area is 123 Å². The molecule has 0 fully saturated rings. The first kappa shape index (κ1) is 15.6. The largest absolute Gasteiger partial charge is 0.416 e. The Bertz CT molecular complexity index is 615. The molecule has 0 radical (unpaired) electrons. The molecule has 1 aromatic heterocycles. The van der Waals surface area contributed by atoms with Crippen LogP contribution in [0.4, 0.5) is 18.9 Å². The van der Waals surface area contributed by atoms with Crippen LogP contribution in [0.25, 0.3) is 0 Å². The summed E-state index contributed by atoms with van der Waals surface area (Å²) in [6.07, 6.45) is -2.86. The summed E-state index contributed by atoms with van der Waals surface area (Å²) in [6, 6.07) is 3.24. The van der Waals surface area contributed by atoms with E-state index in [0.717, 1.165) is 12.1 Å². The van der Waals surface area contributed by atoms with Crippen molar-refractivity contribution in [1.82, 2.24) is 15.0 Å². The molecule has 0 saturated carbocycles. The van der Waals surface area contributed by atoms with Crippen molar-refractivity contribution in [3.05, 3.63) is 40.7 Å². The van der Waals surface area contributed by atoms with Crippen molar-refractivity contribution in [2.75, 3.05) is 11.9 Å². The summed E-state index contributed by atoms with van der Waals surface area (Å²) >= 11 is 5.68. The molecular weight excluding hydrogens is 309 g/mol. The number of halogens is 4. The van der Waals surface area contributed by atoms with Gasteiger partial charge in [0.1, 0.15) is 5.69 Å². The van der Waals surface area contributed by atoms with Crippen molar-refractivity contribution in [2.24, 2.45) is 0 Å². The average Bonchev–Trinajstić information content (AvgIpc) is 2.83. The molecule has 0 spiro atoms. The van der Waals surface area contributed by atoms with Crippen molar-refractivity contribution < 1.29 is 18.3 Å². The molecule has 0 atom stereocenters. The summed E-state index contributed by atoms with van der Waals surface area (Å²) in [7, 11) is 0. The number of nitrogens with zero attached hydrogens (tertiary/aromatic N) is 3. The molecule has 2 rings (SSSR count). The lowest BCUT2D eigenvalue weighted by atomic mass is 10.2. The predicted octanol–water partition coefficient (Wildman–Crippen LogP) is 2.55. The van der Waals surface area contributed by atoms with Crippen LogP contribution in [0.1, 0.15) is 11.3 Å². The van der Waals surface area contributed by atoms with Crippen molar-refractivity contribution >= 4 is 17.3 Å². The van der Waals surface area contributed by atoms with Gasteiger partial charge in [-0.1, -0.05) is 16.8 Å². The maximum atomic E-state index is 12.7. The van der Waals surface area contributed by atoms with Crippen LogP contribution in [0, 0.1) is 0 Å². The molecular formula is C12H12ClF3N4O. The normalized spacial score (nSPS) is 11.7. The summed E-state index contributed by atoms with van der Waals surface area (Å²) in [4.78, 5) is 0. The Morgan fingerprint density at radius 1 is 1.29 bits per heavy atom. The summed E-state index contributed by atoms with van der Waals surface area (Å²) in [5.41, 5.74) is -0.0371. The molecule has 2 N–H and O–H groups in total. The Morgan fingerprint density at radius 3 is 2.71 bits per heavy atom. The molecule has 0 aliphatic heterocycles. The first-order chi connectivity index (χ1) is 9.88. The number of anilines is 1. The first-order valence-corrected chi connectivity index (χ1v) is 6.38. The number of rotatable bonds is 5. The van der Waals surface area contributed by atoms with Gasteiger partial charge in [-0.3, -0.25) is 0 Å². The highest BCUT2D eigenvalue weighted by molar-refractivity contribution is 6.30. The topological polar surface area (TPSA) is 63.0 Å². The Morgan fingerprint density at radius 2 is 2.05 bits per heavy atom. The van der Waals surface area contributed by atoms with Crippen LogP contribution in [0.5, 0.6) is 0 Å². The fourth-order valence-electron chi connectivity index (χ4n) is 1.68. The van der Waals surface area contributed by atoms with Crippen molar-refractivity contribution in [1.29, 1.82) is 0 Å². The molecule has 1 heterocycles. The van der Waals surface area contributed by atoms with Gasteiger partial charge in [-0.15, -0.1) is 5.10 Å². The monoisotopic (exact) mass is 320 g/mol. The van der Waals surface area contributed by atoms with Crippen LogP contribution < -0.4 is 5.32 Å². The predicted molar refractivity (Wildman–Crippen MR) is 70.9 cm³/mol. The zero-order valence-corrected chi connectivity index (χ0v) is 11.5. The minimum Gasteiger partial charge on any atom is -0.394 e. The Balaban J connectivity index is 2.07. The number of aliphatic hydroxyl groups excluding tert-OH is 1. The zero-order valence-electron chi connectivity index (χ0n) is 10.7. The summed E-state index contributed by atoms with van der Waals surface area (Å²) in [5, 5.41) is 19.1. The molecule has 1 aromatic carbocycles. The molecule has 0 bridgehead atoms. The van der Waals surface area contributed by atoms with Crippen LogP contribution in [0.3, 0.4) is 0 Å². The number of nitrogens with one attached hydrogen (secondary N) is 1. The van der Waals surface area contributed by atoms with Gasteiger partial charge in [-0.2, -0.15) is 13.2 Å². The number of alkyl halides is 3. The molecule has 2 aromatic rings. The van der Waals surface area contributed by atoms with Crippen LogP contribution in [-0.2, 0) is 19.3 Å². The van der Waals surface area contributed by atoms with Crippen LogP contribution in [0.2, 0.25) is 5.02 Å². The summed E-state index contributed by atoms with van der Waals surface area (Å²) in [6.45, 7) is 0.435. The SMILES string of the molecule is OCCn1cc(CNc2cc(Cl)cc(C(F)(F)F)c2)nn1. The lowest BCUT2D eigenvalue weighted by Gasteiger charge is -2.10. The number of aromatic nitrogens is 3.